The minimum atomic E-state index is -4.66. The molecule has 3 rings (SSSR count). The molecule has 0 unspecified atom stereocenters. The van der Waals surface area contributed by atoms with Crippen molar-refractivity contribution in [1.82, 2.24) is 0 Å². The van der Waals surface area contributed by atoms with E-state index in [1.165, 1.54) is 26.4 Å². The second kappa shape index (κ2) is 10.4. The van der Waals surface area contributed by atoms with Gasteiger partial charge < -0.3 is 29.0 Å². The predicted octanol–water partition coefficient (Wildman–Crippen LogP) is 4.98. The molecule has 2 aromatic carbocycles. The Kier molecular flexibility index (Phi) is 7.73. The molecule has 0 radical (unpaired) electrons. The van der Waals surface area contributed by atoms with E-state index in [1.807, 2.05) is 0 Å². The van der Waals surface area contributed by atoms with Crippen molar-refractivity contribution in [2.75, 3.05) is 39.4 Å². The summed E-state index contributed by atoms with van der Waals surface area (Å²) in [6.45, 7) is 4.94. The summed E-state index contributed by atoms with van der Waals surface area (Å²) < 4.78 is 67.5. The number of halogens is 3. The lowest BCUT2D eigenvalue weighted by Gasteiger charge is -2.36. The van der Waals surface area contributed by atoms with Gasteiger partial charge in [0.1, 0.15) is 12.4 Å². The lowest BCUT2D eigenvalue weighted by Crippen LogP contribution is -2.45. The maximum absolute atomic E-state index is 13.5. The minimum absolute atomic E-state index is 0.00942. The third-order valence-corrected chi connectivity index (χ3v) is 5.23. The Hall–Kier alpha value is -3.24. The van der Waals surface area contributed by atoms with Crippen LogP contribution in [0.5, 0.6) is 17.2 Å². The summed E-state index contributed by atoms with van der Waals surface area (Å²) in [5.41, 5.74) is -1.47. The summed E-state index contributed by atoms with van der Waals surface area (Å²) in [5.74, 6) is 0.162. The fourth-order valence-electron chi connectivity index (χ4n) is 3.32. The molecular formula is C24H26F3NO6. The van der Waals surface area contributed by atoms with E-state index in [4.69, 9.17) is 23.7 Å². The number of methoxy groups -OCH3 is 2. The van der Waals surface area contributed by atoms with Crippen molar-refractivity contribution in [2.45, 2.75) is 19.4 Å². The van der Waals surface area contributed by atoms with Crippen LogP contribution < -0.4 is 19.5 Å². The van der Waals surface area contributed by atoms with E-state index in [0.29, 0.717) is 17.1 Å². The highest BCUT2D eigenvalue weighted by atomic mass is 19.4. The largest absolute Gasteiger partial charge is 0.493 e. The molecule has 34 heavy (non-hydrogen) atoms. The zero-order valence-electron chi connectivity index (χ0n) is 19.0. The summed E-state index contributed by atoms with van der Waals surface area (Å²) in [4.78, 5) is 12.9. The van der Waals surface area contributed by atoms with Crippen LogP contribution in [0.3, 0.4) is 0 Å². The quantitative estimate of drug-likeness (QED) is 0.537. The topological polar surface area (TPSA) is 75.3 Å². The molecule has 1 fully saturated rings. The van der Waals surface area contributed by atoms with Gasteiger partial charge in [0.2, 0.25) is 5.91 Å². The number of hydrogen-bond donors (Lipinski definition) is 1. The van der Waals surface area contributed by atoms with E-state index in [-0.39, 0.29) is 31.3 Å². The van der Waals surface area contributed by atoms with Gasteiger partial charge in [-0.3, -0.25) is 4.79 Å². The number of alkyl halides is 3. The van der Waals surface area contributed by atoms with Gasteiger partial charge in [0.05, 0.1) is 38.4 Å². The molecule has 7 nitrogen and oxygen atoms in total. The Labute approximate surface area is 195 Å². The van der Waals surface area contributed by atoms with Gasteiger partial charge in [-0.15, -0.1) is 0 Å². The monoisotopic (exact) mass is 481 g/mol. The number of carbonyl (C=O) groups is 1. The highest BCUT2D eigenvalue weighted by Crippen LogP contribution is 2.39. The first-order valence-corrected chi connectivity index (χ1v) is 10.3. The number of benzene rings is 2. The van der Waals surface area contributed by atoms with Crippen LogP contribution in [0.2, 0.25) is 0 Å². The first-order chi connectivity index (χ1) is 16.1. The van der Waals surface area contributed by atoms with Crippen LogP contribution in [-0.2, 0) is 20.4 Å². The van der Waals surface area contributed by atoms with Crippen molar-refractivity contribution in [3.63, 3.8) is 0 Å². The van der Waals surface area contributed by atoms with Crippen LogP contribution in [-0.4, -0.2) is 39.9 Å². The Balaban J connectivity index is 1.70. The smallest absolute Gasteiger partial charge is 0.420 e. The minimum Gasteiger partial charge on any atom is -0.493 e. The van der Waals surface area contributed by atoms with Gasteiger partial charge >= 0.3 is 6.18 Å². The molecule has 10 heteroatoms. The standard InChI is InChI=1S/C24H26F3NO6/c1-5-10-32-18-9-7-16(12-17(18)24(25,26)27)28-22(29)23(2)13-33-21(34-14-23)15-6-8-19(30-3)20(11-15)31-4/h5-9,11-12,21H,1,10,13-14H2,2-4H3,(H,28,29). The van der Waals surface area contributed by atoms with Crippen molar-refractivity contribution >= 4 is 11.6 Å². The summed E-state index contributed by atoms with van der Waals surface area (Å²) in [7, 11) is 3.03. The van der Waals surface area contributed by atoms with Crippen molar-refractivity contribution in [3.05, 3.63) is 60.2 Å². The second-order valence-corrected chi connectivity index (χ2v) is 7.89. The van der Waals surface area contributed by atoms with Gasteiger partial charge in [-0.1, -0.05) is 18.7 Å². The lowest BCUT2D eigenvalue weighted by molar-refractivity contribution is -0.226. The molecule has 1 aliphatic heterocycles. The molecule has 184 valence electrons. The van der Waals surface area contributed by atoms with Crippen LogP contribution in [0.15, 0.2) is 49.1 Å². The first kappa shape index (κ1) is 25.4. The van der Waals surface area contributed by atoms with E-state index >= 15 is 0 Å². The highest BCUT2D eigenvalue weighted by molar-refractivity contribution is 5.95. The van der Waals surface area contributed by atoms with Gasteiger partial charge in [0.15, 0.2) is 17.8 Å². The normalized spacial score (nSPS) is 20.4. The van der Waals surface area contributed by atoms with Crippen LogP contribution in [0.25, 0.3) is 0 Å². The number of ether oxygens (including phenoxy) is 5. The summed E-state index contributed by atoms with van der Waals surface area (Å²) in [6.07, 6.45) is -4.06. The molecule has 1 heterocycles. The average Bonchev–Trinajstić information content (AvgIpc) is 2.82. The Morgan fingerprint density at radius 1 is 1.12 bits per heavy atom. The number of carbonyl (C=O) groups excluding carboxylic acids is 1. The van der Waals surface area contributed by atoms with E-state index in [0.717, 1.165) is 12.1 Å². The Bertz CT molecular complexity index is 1030. The molecule has 0 aliphatic carbocycles. The van der Waals surface area contributed by atoms with Gasteiger partial charge in [-0.05, 0) is 37.3 Å². The molecule has 0 bridgehead atoms. The fraction of sp³-hybridized carbons (Fsp3) is 0.375. The van der Waals surface area contributed by atoms with E-state index in [9.17, 15) is 18.0 Å². The van der Waals surface area contributed by atoms with Crippen molar-refractivity contribution in [3.8, 4) is 17.2 Å². The third-order valence-electron chi connectivity index (χ3n) is 5.23. The van der Waals surface area contributed by atoms with Crippen molar-refractivity contribution < 1.29 is 41.7 Å². The molecule has 2 aromatic rings. The molecule has 1 saturated heterocycles. The summed E-state index contributed by atoms with van der Waals surface area (Å²) in [5, 5.41) is 2.52. The number of hydrogen-bond acceptors (Lipinski definition) is 6. The molecule has 0 atom stereocenters. The molecule has 1 N–H and O–H groups in total. The maximum Gasteiger partial charge on any atom is 0.420 e. The fourth-order valence-corrected chi connectivity index (χ4v) is 3.32. The van der Waals surface area contributed by atoms with Gasteiger partial charge in [0, 0.05) is 11.3 Å². The molecule has 0 aromatic heterocycles. The molecule has 1 amide bonds. The average molecular weight is 481 g/mol. The van der Waals surface area contributed by atoms with Crippen LogP contribution in [0, 0.1) is 5.41 Å². The lowest BCUT2D eigenvalue weighted by atomic mass is 9.90. The number of rotatable bonds is 8. The number of nitrogens with one attached hydrogen (secondary N) is 1. The second-order valence-electron chi connectivity index (χ2n) is 7.89. The summed E-state index contributed by atoms with van der Waals surface area (Å²) >= 11 is 0. The zero-order chi connectivity index (χ0) is 24.9. The van der Waals surface area contributed by atoms with Crippen molar-refractivity contribution in [1.29, 1.82) is 0 Å². The van der Waals surface area contributed by atoms with Crippen LogP contribution >= 0.6 is 0 Å². The van der Waals surface area contributed by atoms with Crippen LogP contribution in [0.4, 0.5) is 18.9 Å². The van der Waals surface area contributed by atoms with Crippen LogP contribution in [0.1, 0.15) is 24.3 Å². The highest BCUT2D eigenvalue weighted by Gasteiger charge is 2.41. The van der Waals surface area contributed by atoms with Gasteiger partial charge in [0.25, 0.3) is 0 Å². The first-order valence-electron chi connectivity index (χ1n) is 10.3. The summed E-state index contributed by atoms with van der Waals surface area (Å²) in [6, 6.07) is 8.50. The maximum atomic E-state index is 13.5. The van der Waals surface area contributed by atoms with E-state index < -0.39 is 29.4 Å². The molecular weight excluding hydrogens is 455 g/mol. The van der Waals surface area contributed by atoms with E-state index in [2.05, 4.69) is 11.9 Å². The molecule has 0 saturated carbocycles. The SMILES string of the molecule is C=CCOc1ccc(NC(=O)C2(C)COC(c3ccc(OC)c(OC)c3)OC2)cc1C(F)(F)F. The van der Waals surface area contributed by atoms with Gasteiger partial charge in [-0.25, -0.2) is 0 Å². The number of anilines is 1. The van der Waals surface area contributed by atoms with Gasteiger partial charge in [-0.2, -0.15) is 13.2 Å². The van der Waals surface area contributed by atoms with E-state index in [1.54, 1.807) is 25.1 Å². The zero-order valence-corrected chi connectivity index (χ0v) is 19.0. The Morgan fingerprint density at radius 2 is 1.76 bits per heavy atom. The third kappa shape index (κ3) is 5.63. The molecule has 0 spiro atoms. The number of amides is 1. The Morgan fingerprint density at radius 3 is 2.35 bits per heavy atom. The van der Waals surface area contributed by atoms with Crippen molar-refractivity contribution in [2.24, 2.45) is 5.41 Å². The predicted molar refractivity (Wildman–Crippen MR) is 118 cm³/mol. The molecule has 1 aliphatic rings.